The van der Waals surface area contributed by atoms with Crippen molar-refractivity contribution in [3.05, 3.63) is 247 Å². The second kappa shape index (κ2) is 19.2. The molecule has 9 aromatic carbocycles. The standard InChI is InChI=1S/C72H67N5/c1-70(2,3)51-39-40-73-68(45-51)77-64-34-22-21-33-60(64)58-31-19-20-32-59(58)61-38-37-55(47-67(61)77)76(54-29-17-12-18-30-54)57-42-52(71(4,5)6)41-56(46-57)74-48-75(66-36-24-23-35-65(66)74)69-62(49-25-13-10-14-26-49)43-53(72(7,8)9)44-63(69)50-27-15-11-16-28-50/h10-47H,48H2,1-9H3/i10D,11D,13D,14D,15D,16D,25D,26D,27D,28D. The smallest absolute Gasteiger partial charge is 0.137 e. The van der Waals surface area contributed by atoms with Gasteiger partial charge in [0.1, 0.15) is 12.5 Å². The number of hydrogen-bond donors (Lipinski definition) is 0. The highest BCUT2D eigenvalue weighted by Crippen LogP contribution is 2.55. The topological polar surface area (TPSA) is 25.9 Å². The molecule has 0 unspecified atom stereocenters. The van der Waals surface area contributed by atoms with Crippen molar-refractivity contribution in [1.29, 1.82) is 0 Å². The van der Waals surface area contributed by atoms with Crippen LogP contribution in [0.25, 0.3) is 44.5 Å². The fourth-order valence-corrected chi connectivity index (χ4v) is 10.8. The zero-order chi connectivity index (χ0) is 61.9. The van der Waals surface area contributed by atoms with E-state index in [1.165, 1.54) is 0 Å². The van der Waals surface area contributed by atoms with Gasteiger partial charge in [-0.15, -0.1) is 0 Å². The lowest BCUT2D eigenvalue weighted by molar-refractivity contribution is 0.589. The maximum atomic E-state index is 9.47. The summed E-state index contributed by atoms with van der Waals surface area (Å²) in [6.07, 6.45) is 1.90. The van der Waals surface area contributed by atoms with Crippen LogP contribution in [-0.4, -0.2) is 11.7 Å². The lowest BCUT2D eigenvalue weighted by Gasteiger charge is -2.33. The van der Waals surface area contributed by atoms with Crippen molar-refractivity contribution < 1.29 is 13.7 Å². The van der Waals surface area contributed by atoms with E-state index in [0.717, 1.165) is 79.0 Å². The van der Waals surface area contributed by atoms with Gasteiger partial charge in [-0.05, 0) is 140 Å². The Labute approximate surface area is 470 Å². The molecule has 3 heterocycles. The van der Waals surface area contributed by atoms with Gasteiger partial charge in [0.2, 0.25) is 0 Å². The number of anilines is 10. The predicted molar refractivity (Wildman–Crippen MR) is 327 cm³/mol. The van der Waals surface area contributed by atoms with Crippen molar-refractivity contribution in [3.8, 4) is 44.5 Å². The number of para-hydroxylation sites is 4. The minimum atomic E-state index is -0.634. The molecule has 0 bridgehead atoms. The van der Waals surface area contributed by atoms with Gasteiger partial charge in [0.05, 0.1) is 42.1 Å². The molecular weight excluding hydrogens is 935 g/mol. The lowest BCUT2D eigenvalue weighted by atomic mass is 9.82. The highest BCUT2D eigenvalue weighted by atomic mass is 15.4. The average Bonchev–Trinajstić information content (AvgIpc) is 1.84. The van der Waals surface area contributed by atoms with Gasteiger partial charge in [0.25, 0.3) is 0 Å². The van der Waals surface area contributed by atoms with E-state index in [1.807, 2.05) is 86.5 Å². The van der Waals surface area contributed by atoms with E-state index >= 15 is 0 Å². The molecule has 0 N–H and O–H groups in total. The molecule has 77 heavy (non-hydrogen) atoms. The first-order chi connectivity index (χ1) is 41.2. The molecule has 0 saturated carbocycles. The van der Waals surface area contributed by atoms with Gasteiger partial charge in [-0.1, -0.05) is 202 Å². The zero-order valence-corrected chi connectivity index (χ0v) is 45.1. The van der Waals surface area contributed by atoms with Crippen molar-refractivity contribution >= 4 is 57.0 Å². The van der Waals surface area contributed by atoms with Gasteiger partial charge < -0.3 is 14.7 Å². The van der Waals surface area contributed by atoms with Gasteiger partial charge in [-0.3, -0.25) is 4.90 Å². The summed E-state index contributed by atoms with van der Waals surface area (Å²) in [5.74, 6) is 0.791. The molecule has 0 aliphatic carbocycles. The van der Waals surface area contributed by atoms with Crippen LogP contribution >= 0.6 is 0 Å². The quantitative estimate of drug-likeness (QED) is 0.151. The highest BCUT2D eigenvalue weighted by molar-refractivity contribution is 6.04. The average molecular weight is 1010 g/mol. The molecular formula is C72H67N5. The van der Waals surface area contributed by atoms with Crippen molar-refractivity contribution in [2.75, 3.05) is 26.3 Å². The van der Waals surface area contributed by atoms with E-state index < -0.39 is 65.8 Å². The molecule has 0 saturated heterocycles. The lowest BCUT2D eigenvalue weighted by Crippen LogP contribution is -2.26. The molecule has 5 heteroatoms. The van der Waals surface area contributed by atoms with E-state index in [2.05, 4.69) is 165 Å². The Hall–Kier alpha value is -8.67. The minimum absolute atomic E-state index is 0.0776. The zero-order valence-electron chi connectivity index (χ0n) is 55.1. The fourth-order valence-electron chi connectivity index (χ4n) is 10.8. The minimum Gasteiger partial charge on any atom is -0.321 e. The third-order valence-corrected chi connectivity index (χ3v) is 14.9. The Kier molecular flexibility index (Phi) is 9.66. The fraction of sp³-hybridized carbons (Fsp3) is 0.181. The number of pyridine rings is 1. The molecule has 0 spiro atoms. The van der Waals surface area contributed by atoms with Crippen LogP contribution in [-0.2, 0) is 16.2 Å². The summed E-state index contributed by atoms with van der Waals surface area (Å²) in [5, 5.41) is 0. The first-order valence-electron chi connectivity index (χ1n) is 31.3. The summed E-state index contributed by atoms with van der Waals surface area (Å²) < 4.78 is 90.9. The van der Waals surface area contributed by atoms with Gasteiger partial charge in [-0.25, -0.2) is 4.98 Å². The summed E-state index contributed by atoms with van der Waals surface area (Å²) in [6, 6.07) is 51.6. The first-order valence-corrected chi connectivity index (χ1v) is 26.3. The Bertz CT molecular complexity index is 4280. The number of rotatable bonds is 8. The molecule has 10 aromatic rings. The normalized spacial score (nSPS) is 14.9. The van der Waals surface area contributed by atoms with Crippen molar-refractivity contribution in [1.82, 2.24) is 4.98 Å². The molecule has 2 aliphatic heterocycles. The number of fused-ring (bicyclic) bond motifs is 6. The molecule has 1 aromatic heterocycles. The first kappa shape index (κ1) is 38.8. The monoisotopic (exact) mass is 1010 g/mol. The Morgan fingerprint density at radius 1 is 0.403 bits per heavy atom. The van der Waals surface area contributed by atoms with Crippen LogP contribution < -0.4 is 19.6 Å². The van der Waals surface area contributed by atoms with E-state index in [4.69, 9.17) is 13.2 Å². The maximum Gasteiger partial charge on any atom is 0.137 e. The SMILES string of the molecule is [2H]c1c([2H])c([2H])c(-c2cc(C(C)(C)C)cc(-c3c([2H])c([2H])c([2H])c([2H])c3[2H])c2N2CN(c3cc(N(c4ccccc4)c4ccc5c(c4)N(c4cc(C(C)(C)C)ccn4)c4ccccc4-c4ccccc4-5)cc(C(C)(C)C)c3)c3ccccc32)c([2H])c1[2H]. The number of hydrogen-bond acceptors (Lipinski definition) is 5. The van der Waals surface area contributed by atoms with Crippen LogP contribution in [0.3, 0.4) is 0 Å². The van der Waals surface area contributed by atoms with Crippen molar-refractivity contribution in [3.63, 3.8) is 0 Å². The molecule has 380 valence electrons. The second-order valence-corrected chi connectivity index (χ2v) is 23.1. The third kappa shape index (κ3) is 9.14. The highest BCUT2D eigenvalue weighted by Gasteiger charge is 2.35. The van der Waals surface area contributed by atoms with E-state index in [-0.39, 0.29) is 39.8 Å². The van der Waals surface area contributed by atoms with Gasteiger partial charge in [0, 0.05) is 51.2 Å². The number of aromatic nitrogens is 1. The molecule has 12 rings (SSSR count). The van der Waals surface area contributed by atoms with Crippen LogP contribution in [0.1, 0.15) is 92.7 Å². The van der Waals surface area contributed by atoms with Crippen LogP contribution in [0.2, 0.25) is 0 Å². The number of nitrogens with zero attached hydrogens (tertiary/aromatic N) is 5. The van der Waals surface area contributed by atoms with Crippen LogP contribution in [0, 0.1) is 0 Å². The van der Waals surface area contributed by atoms with E-state index in [0.29, 0.717) is 16.9 Å². The van der Waals surface area contributed by atoms with Crippen LogP contribution in [0.15, 0.2) is 230 Å². The Morgan fingerprint density at radius 3 is 1.52 bits per heavy atom. The molecule has 0 radical (unpaired) electrons. The van der Waals surface area contributed by atoms with Gasteiger partial charge in [-0.2, -0.15) is 0 Å². The predicted octanol–water partition coefficient (Wildman–Crippen LogP) is 20.1. The molecule has 0 atom stereocenters. The molecule has 0 amide bonds. The summed E-state index contributed by atoms with van der Waals surface area (Å²) >= 11 is 0. The van der Waals surface area contributed by atoms with Crippen molar-refractivity contribution in [2.45, 2.75) is 78.6 Å². The van der Waals surface area contributed by atoms with Crippen molar-refractivity contribution in [2.24, 2.45) is 0 Å². The maximum absolute atomic E-state index is 9.47. The van der Waals surface area contributed by atoms with E-state index in [9.17, 15) is 5.48 Å². The summed E-state index contributed by atoms with van der Waals surface area (Å²) in [5.41, 5.74) is 13.6. The van der Waals surface area contributed by atoms with Crippen LogP contribution in [0.4, 0.5) is 57.0 Å². The van der Waals surface area contributed by atoms with Gasteiger partial charge in [0.15, 0.2) is 0 Å². The summed E-state index contributed by atoms with van der Waals surface area (Å²) in [4.78, 5) is 13.9. The third-order valence-electron chi connectivity index (χ3n) is 14.9. The second-order valence-electron chi connectivity index (χ2n) is 23.1. The largest absolute Gasteiger partial charge is 0.321 e. The Morgan fingerprint density at radius 2 is 0.922 bits per heavy atom. The van der Waals surface area contributed by atoms with Crippen LogP contribution in [0.5, 0.6) is 0 Å². The summed E-state index contributed by atoms with van der Waals surface area (Å²) in [6.45, 7) is 19.3. The molecule has 2 aliphatic rings. The number of benzene rings is 9. The molecule has 0 fully saturated rings. The molecule has 5 nitrogen and oxygen atoms in total. The Balaban J connectivity index is 1.11. The van der Waals surface area contributed by atoms with E-state index in [1.54, 1.807) is 0 Å². The van der Waals surface area contributed by atoms with Gasteiger partial charge >= 0.3 is 0 Å². The summed E-state index contributed by atoms with van der Waals surface area (Å²) in [7, 11) is 0.